The number of amides is 1. The quantitative estimate of drug-likeness (QED) is 0.562. The Kier molecular flexibility index (Phi) is 6.61. The van der Waals surface area contributed by atoms with Crippen LogP contribution in [0.25, 0.3) is 0 Å². The number of nitrogens with two attached hydrogens (primary N) is 1. The molecule has 0 radical (unpaired) electrons. The molecule has 0 aromatic carbocycles. The highest BCUT2D eigenvalue weighted by Crippen LogP contribution is 2.68. The monoisotopic (exact) mass is 447 g/mol. The summed E-state index contributed by atoms with van der Waals surface area (Å²) in [6.45, 7) is 8.45. The average molecular weight is 448 g/mol. The summed E-state index contributed by atoms with van der Waals surface area (Å²) in [6.07, 6.45) is 9.78. The summed E-state index contributed by atoms with van der Waals surface area (Å²) in [4.78, 5) is 33.8. The number of carbonyl (C=O) groups is 3. The van der Waals surface area contributed by atoms with Gasteiger partial charge in [-0.15, -0.1) is 0 Å². The first kappa shape index (κ1) is 23.6. The zero-order valence-electron chi connectivity index (χ0n) is 20.0. The number of fused-ring (bicyclic) bond motifs is 5. The Balaban J connectivity index is 1.58. The minimum atomic E-state index is -0.208. The minimum absolute atomic E-state index is 0.00479. The molecule has 0 unspecified atom stereocenters. The van der Waals surface area contributed by atoms with Crippen molar-refractivity contribution in [2.75, 3.05) is 0 Å². The van der Waals surface area contributed by atoms with E-state index in [0.29, 0.717) is 54.9 Å². The van der Waals surface area contributed by atoms with Gasteiger partial charge in [0.05, 0.1) is 0 Å². The predicted octanol–water partition coefficient (Wildman–Crippen LogP) is 4.24. The maximum absolute atomic E-state index is 11.5. The second kappa shape index (κ2) is 8.98. The molecule has 4 aliphatic rings. The first-order valence-electron chi connectivity index (χ1n) is 12.7. The van der Waals surface area contributed by atoms with Gasteiger partial charge < -0.3 is 15.2 Å². The first-order valence-corrected chi connectivity index (χ1v) is 12.7. The third-order valence-corrected chi connectivity index (χ3v) is 10.7. The zero-order chi connectivity index (χ0) is 23.1. The van der Waals surface area contributed by atoms with Crippen LogP contribution in [-0.4, -0.2) is 31.1 Å². The molecule has 0 aromatic rings. The second-order valence-electron chi connectivity index (χ2n) is 11.8. The standard InChI is InChI=1S/C26H41NO5/c1-16(4-7-23(27)30)19-5-6-20-24-21(9-11-26(19,20)3)25(2)10-8-18(31-14-28)12-17(25)13-22(24)32-15-29/h14-22,24H,4-13H2,1-3H3,(H2,27,30)/t16-,17+,18-,19-,20+,21+,22+,24+,25+,26-/m1/s1. The molecule has 4 saturated carbocycles. The van der Waals surface area contributed by atoms with Crippen LogP contribution < -0.4 is 5.73 Å². The molecule has 6 heteroatoms. The van der Waals surface area contributed by atoms with Crippen molar-refractivity contribution in [1.82, 2.24) is 0 Å². The summed E-state index contributed by atoms with van der Waals surface area (Å²) in [5.41, 5.74) is 5.87. The van der Waals surface area contributed by atoms with E-state index in [1.165, 1.54) is 25.7 Å². The maximum atomic E-state index is 11.5. The Bertz CT molecular complexity index is 727. The van der Waals surface area contributed by atoms with E-state index in [1.54, 1.807) is 0 Å². The molecule has 4 fully saturated rings. The molecule has 2 N–H and O–H groups in total. The molecule has 6 nitrogen and oxygen atoms in total. The third-order valence-electron chi connectivity index (χ3n) is 10.7. The highest BCUT2D eigenvalue weighted by molar-refractivity contribution is 5.73. The van der Waals surface area contributed by atoms with Crippen LogP contribution >= 0.6 is 0 Å². The lowest BCUT2D eigenvalue weighted by Gasteiger charge is -2.62. The Hall–Kier alpha value is -1.59. The second-order valence-corrected chi connectivity index (χ2v) is 11.8. The predicted molar refractivity (Wildman–Crippen MR) is 120 cm³/mol. The summed E-state index contributed by atoms with van der Waals surface area (Å²) in [5.74, 6) is 2.77. The summed E-state index contributed by atoms with van der Waals surface area (Å²) >= 11 is 0. The van der Waals surface area contributed by atoms with E-state index in [9.17, 15) is 14.4 Å². The van der Waals surface area contributed by atoms with E-state index >= 15 is 0 Å². The SMILES string of the molecule is C[C@H](CCC(N)=O)[C@H]1CC[C@H]2[C@@H]3[C@@H](OC=O)C[C@@H]4C[C@H](OC=O)CC[C@]4(C)[C@H]3CC[C@]12C. The molecule has 4 rings (SSSR count). The number of primary amides is 1. The summed E-state index contributed by atoms with van der Waals surface area (Å²) in [6, 6.07) is 0. The van der Waals surface area contributed by atoms with Crippen LogP contribution in [0.1, 0.15) is 85.0 Å². The number of rotatable bonds is 8. The van der Waals surface area contributed by atoms with E-state index in [4.69, 9.17) is 15.2 Å². The summed E-state index contributed by atoms with van der Waals surface area (Å²) < 4.78 is 11.2. The van der Waals surface area contributed by atoms with Crippen molar-refractivity contribution in [3.63, 3.8) is 0 Å². The maximum Gasteiger partial charge on any atom is 0.293 e. The zero-order valence-corrected chi connectivity index (χ0v) is 20.0. The molecule has 10 atom stereocenters. The van der Waals surface area contributed by atoms with Gasteiger partial charge in [0, 0.05) is 12.3 Å². The molecule has 0 heterocycles. The molecule has 180 valence electrons. The molecular formula is C26H41NO5. The molecule has 0 saturated heterocycles. The van der Waals surface area contributed by atoms with Crippen molar-refractivity contribution < 1.29 is 23.9 Å². The molecule has 1 amide bonds. The van der Waals surface area contributed by atoms with Gasteiger partial charge in [-0.1, -0.05) is 20.8 Å². The van der Waals surface area contributed by atoms with Crippen LogP contribution in [0.4, 0.5) is 0 Å². The van der Waals surface area contributed by atoms with Crippen LogP contribution in [0.5, 0.6) is 0 Å². The average Bonchev–Trinajstić information content (AvgIpc) is 3.10. The topological polar surface area (TPSA) is 95.7 Å². The van der Waals surface area contributed by atoms with Gasteiger partial charge in [-0.2, -0.15) is 0 Å². The Morgan fingerprint density at radius 2 is 1.69 bits per heavy atom. The fourth-order valence-corrected chi connectivity index (χ4v) is 9.12. The van der Waals surface area contributed by atoms with Gasteiger partial charge in [-0.3, -0.25) is 14.4 Å². The van der Waals surface area contributed by atoms with Crippen molar-refractivity contribution >= 4 is 18.9 Å². The molecule has 0 bridgehead atoms. The van der Waals surface area contributed by atoms with Crippen LogP contribution in [0, 0.1) is 46.3 Å². The lowest BCUT2D eigenvalue weighted by atomic mass is 9.43. The number of ether oxygens (including phenoxy) is 2. The van der Waals surface area contributed by atoms with Crippen LogP contribution in [-0.2, 0) is 23.9 Å². The van der Waals surface area contributed by atoms with Crippen molar-refractivity contribution in [3.8, 4) is 0 Å². The fraction of sp³-hybridized carbons (Fsp3) is 0.885. The molecule has 0 aliphatic heterocycles. The van der Waals surface area contributed by atoms with Crippen LogP contribution in [0.15, 0.2) is 0 Å². The van der Waals surface area contributed by atoms with Gasteiger partial charge in [-0.05, 0) is 98.2 Å². The molecule has 0 spiro atoms. The molecule has 0 aromatic heterocycles. The lowest BCUT2D eigenvalue weighted by Crippen LogP contribution is -2.59. The number of hydrogen-bond acceptors (Lipinski definition) is 5. The van der Waals surface area contributed by atoms with Gasteiger partial charge in [0.15, 0.2) is 0 Å². The normalized spacial score (nSPS) is 46.2. The highest BCUT2D eigenvalue weighted by atomic mass is 16.5. The van der Waals surface area contributed by atoms with E-state index in [0.717, 1.165) is 32.1 Å². The van der Waals surface area contributed by atoms with E-state index in [1.807, 2.05) is 0 Å². The summed E-state index contributed by atoms with van der Waals surface area (Å²) in [5, 5.41) is 0. The van der Waals surface area contributed by atoms with Crippen molar-refractivity contribution in [2.45, 2.75) is 97.2 Å². The van der Waals surface area contributed by atoms with E-state index in [2.05, 4.69) is 20.8 Å². The van der Waals surface area contributed by atoms with Gasteiger partial charge in [0.1, 0.15) is 12.2 Å². The minimum Gasteiger partial charge on any atom is -0.465 e. The molecule has 32 heavy (non-hydrogen) atoms. The van der Waals surface area contributed by atoms with Gasteiger partial charge in [-0.25, -0.2) is 0 Å². The van der Waals surface area contributed by atoms with Crippen molar-refractivity contribution in [1.29, 1.82) is 0 Å². The van der Waals surface area contributed by atoms with Crippen LogP contribution in [0.3, 0.4) is 0 Å². The first-order chi connectivity index (χ1) is 15.2. The van der Waals surface area contributed by atoms with Crippen LogP contribution in [0.2, 0.25) is 0 Å². The lowest BCUT2D eigenvalue weighted by molar-refractivity contribution is -0.190. The van der Waals surface area contributed by atoms with E-state index in [-0.39, 0.29) is 28.9 Å². The number of carbonyl (C=O) groups excluding carboxylic acids is 3. The largest absolute Gasteiger partial charge is 0.465 e. The van der Waals surface area contributed by atoms with E-state index < -0.39 is 0 Å². The molecular weight excluding hydrogens is 406 g/mol. The van der Waals surface area contributed by atoms with Crippen molar-refractivity contribution in [2.24, 2.45) is 52.1 Å². The van der Waals surface area contributed by atoms with Crippen molar-refractivity contribution in [3.05, 3.63) is 0 Å². The summed E-state index contributed by atoms with van der Waals surface area (Å²) in [7, 11) is 0. The Labute approximate surface area is 192 Å². The third kappa shape index (κ3) is 3.86. The highest BCUT2D eigenvalue weighted by Gasteiger charge is 2.63. The van der Waals surface area contributed by atoms with Gasteiger partial charge in [0.25, 0.3) is 12.9 Å². The fourth-order valence-electron chi connectivity index (χ4n) is 9.12. The number of hydrogen-bond donors (Lipinski definition) is 1. The smallest absolute Gasteiger partial charge is 0.293 e. The molecule has 4 aliphatic carbocycles. The Morgan fingerprint density at radius 3 is 2.38 bits per heavy atom. The van der Waals surface area contributed by atoms with Gasteiger partial charge >= 0.3 is 0 Å². The van der Waals surface area contributed by atoms with Gasteiger partial charge in [0.2, 0.25) is 5.91 Å². The Morgan fingerprint density at radius 1 is 1.00 bits per heavy atom.